The van der Waals surface area contributed by atoms with Crippen LogP contribution in [0.25, 0.3) is 44.8 Å². The van der Waals surface area contributed by atoms with Gasteiger partial charge in [0.25, 0.3) is 0 Å². The molecule has 0 aliphatic rings. The van der Waals surface area contributed by atoms with E-state index >= 15 is 0 Å². The average Bonchev–Trinajstić information content (AvgIpc) is 2.85. The van der Waals surface area contributed by atoms with Crippen LogP contribution in [0.3, 0.4) is 0 Å². The van der Waals surface area contributed by atoms with Crippen molar-refractivity contribution in [2.45, 2.75) is 0 Å². The van der Waals surface area contributed by atoms with E-state index in [0.717, 1.165) is 38.9 Å². The summed E-state index contributed by atoms with van der Waals surface area (Å²) in [5.74, 6) is 0.586. The van der Waals surface area contributed by atoms with Gasteiger partial charge in [0.15, 0.2) is 5.82 Å². The zero-order chi connectivity index (χ0) is 21.0. The molecule has 148 valence electrons. The van der Waals surface area contributed by atoms with E-state index in [4.69, 9.17) is 11.6 Å². The standard InChI is InChI=1S/C26H17ClN4/c27-24-11-12-28-15-23(24)22-14-20(18-7-3-1-4-8-18)13-21(19-9-5-2-6-10-19)25(22)26-30-16-29-17-31-26/h1-17H. The number of pyridine rings is 1. The topological polar surface area (TPSA) is 51.6 Å². The molecule has 0 aliphatic heterocycles. The summed E-state index contributed by atoms with van der Waals surface area (Å²) in [4.78, 5) is 17.3. The van der Waals surface area contributed by atoms with Gasteiger partial charge in [-0.05, 0) is 46.0 Å². The minimum Gasteiger partial charge on any atom is -0.264 e. The third kappa shape index (κ3) is 3.81. The SMILES string of the molecule is Clc1ccncc1-c1cc(-c2ccccc2)cc(-c2ccccc2)c1-c1ncncn1. The fourth-order valence-electron chi connectivity index (χ4n) is 3.68. The third-order valence-corrected chi connectivity index (χ3v) is 5.43. The largest absolute Gasteiger partial charge is 0.264 e. The van der Waals surface area contributed by atoms with Gasteiger partial charge >= 0.3 is 0 Å². The van der Waals surface area contributed by atoms with Gasteiger partial charge in [-0.3, -0.25) is 4.98 Å². The Morgan fingerprint density at radius 2 is 1.23 bits per heavy atom. The lowest BCUT2D eigenvalue weighted by Gasteiger charge is -2.18. The molecule has 5 aromatic rings. The number of benzene rings is 3. The minimum atomic E-state index is 0.586. The Morgan fingerprint density at radius 1 is 0.581 bits per heavy atom. The number of halogens is 1. The number of hydrogen-bond donors (Lipinski definition) is 0. The second-order valence-corrected chi connectivity index (χ2v) is 7.40. The quantitative estimate of drug-likeness (QED) is 0.329. The molecule has 3 aromatic carbocycles. The van der Waals surface area contributed by atoms with Gasteiger partial charge < -0.3 is 0 Å². The Labute approximate surface area is 185 Å². The third-order valence-electron chi connectivity index (χ3n) is 5.11. The second kappa shape index (κ2) is 8.46. The molecule has 5 heteroatoms. The van der Waals surface area contributed by atoms with Crippen LogP contribution in [0.15, 0.2) is 104 Å². The Morgan fingerprint density at radius 3 is 1.90 bits per heavy atom. The molecule has 2 aromatic heterocycles. The van der Waals surface area contributed by atoms with E-state index in [1.165, 1.54) is 12.7 Å². The Bertz CT molecular complexity index is 1320. The lowest BCUT2D eigenvalue weighted by Crippen LogP contribution is -1.97. The molecular formula is C26H17ClN4. The zero-order valence-electron chi connectivity index (χ0n) is 16.5. The van der Waals surface area contributed by atoms with Crippen molar-refractivity contribution in [1.29, 1.82) is 0 Å². The summed E-state index contributed by atoms with van der Waals surface area (Å²) in [5.41, 5.74) is 6.91. The molecule has 0 N–H and O–H groups in total. The van der Waals surface area contributed by atoms with Gasteiger partial charge in [0.05, 0.1) is 5.02 Å². The molecule has 0 fully saturated rings. The van der Waals surface area contributed by atoms with Gasteiger partial charge in [0, 0.05) is 23.5 Å². The fourth-order valence-corrected chi connectivity index (χ4v) is 3.89. The normalized spacial score (nSPS) is 10.7. The molecule has 0 saturated carbocycles. The van der Waals surface area contributed by atoms with Crippen LogP contribution in [0.2, 0.25) is 5.02 Å². The minimum absolute atomic E-state index is 0.586. The van der Waals surface area contributed by atoms with Crippen molar-refractivity contribution in [3.63, 3.8) is 0 Å². The summed E-state index contributed by atoms with van der Waals surface area (Å²) >= 11 is 6.62. The van der Waals surface area contributed by atoms with Crippen LogP contribution in [0.1, 0.15) is 0 Å². The van der Waals surface area contributed by atoms with Crippen molar-refractivity contribution in [2.75, 3.05) is 0 Å². The number of nitrogens with zero attached hydrogens (tertiary/aromatic N) is 4. The molecule has 31 heavy (non-hydrogen) atoms. The molecule has 0 saturated heterocycles. The van der Waals surface area contributed by atoms with Crippen LogP contribution in [-0.2, 0) is 0 Å². The summed E-state index contributed by atoms with van der Waals surface area (Å²) in [6.07, 6.45) is 6.49. The van der Waals surface area contributed by atoms with E-state index in [-0.39, 0.29) is 0 Å². The number of rotatable bonds is 4. The monoisotopic (exact) mass is 420 g/mol. The van der Waals surface area contributed by atoms with E-state index in [9.17, 15) is 0 Å². The van der Waals surface area contributed by atoms with Crippen molar-refractivity contribution in [1.82, 2.24) is 19.9 Å². The summed E-state index contributed by atoms with van der Waals surface area (Å²) in [7, 11) is 0. The highest BCUT2D eigenvalue weighted by Gasteiger charge is 2.20. The van der Waals surface area contributed by atoms with Crippen molar-refractivity contribution in [2.24, 2.45) is 0 Å². The van der Waals surface area contributed by atoms with E-state index in [1.54, 1.807) is 18.5 Å². The molecule has 0 atom stereocenters. The van der Waals surface area contributed by atoms with Crippen LogP contribution in [0.5, 0.6) is 0 Å². The lowest BCUT2D eigenvalue weighted by molar-refractivity contribution is 1.06. The Balaban J connectivity index is 1.90. The van der Waals surface area contributed by atoms with Gasteiger partial charge in [-0.15, -0.1) is 0 Å². The Hall–Kier alpha value is -3.89. The molecule has 0 unspecified atom stereocenters. The van der Waals surface area contributed by atoms with Crippen LogP contribution in [-0.4, -0.2) is 19.9 Å². The van der Waals surface area contributed by atoms with E-state index in [1.807, 2.05) is 36.4 Å². The summed E-state index contributed by atoms with van der Waals surface area (Å²) in [6.45, 7) is 0. The first kappa shape index (κ1) is 19.1. The highest BCUT2D eigenvalue weighted by molar-refractivity contribution is 6.33. The van der Waals surface area contributed by atoms with E-state index in [2.05, 4.69) is 56.3 Å². The average molecular weight is 421 g/mol. The summed E-state index contributed by atoms with van der Waals surface area (Å²) < 4.78 is 0. The maximum atomic E-state index is 6.62. The maximum Gasteiger partial charge on any atom is 0.163 e. The van der Waals surface area contributed by atoms with Crippen molar-refractivity contribution >= 4 is 11.6 Å². The van der Waals surface area contributed by atoms with Gasteiger partial charge in [-0.25, -0.2) is 15.0 Å². The van der Waals surface area contributed by atoms with Crippen molar-refractivity contribution in [3.8, 4) is 44.8 Å². The van der Waals surface area contributed by atoms with Gasteiger partial charge in [-0.1, -0.05) is 72.3 Å². The number of hydrogen-bond acceptors (Lipinski definition) is 4. The van der Waals surface area contributed by atoms with E-state index in [0.29, 0.717) is 10.8 Å². The number of aromatic nitrogens is 4. The molecule has 5 rings (SSSR count). The molecule has 0 bridgehead atoms. The van der Waals surface area contributed by atoms with Crippen LogP contribution >= 0.6 is 11.6 Å². The van der Waals surface area contributed by atoms with Crippen LogP contribution in [0, 0.1) is 0 Å². The lowest BCUT2D eigenvalue weighted by atomic mass is 9.88. The molecule has 4 nitrogen and oxygen atoms in total. The molecule has 0 amide bonds. The first-order chi connectivity index (χ1) is 15.3. The maximum absolute atomic E-state index is 6.62. The molecule has 2 heterocycles. The highest BCUT2D eigenvalue weighted by atomic mass is 35.5. The molecule has 0 radical (unpaired) electrons. The van der Waals surface area contributed by atoms with Crippen molar-refractivity contribution in [3.05, 3.63) is 109 Å². The molecule has 0 spiro atoms. The highest BCUT2D eigenvalue weighted by Crippen LogP contribution is 2.43. The van der Waals surface area contributed by atoms with Gasteiger partial charge in [0.1, 0.15) is 12.7 Å². The predicted molar refractivity (Wildman–Crippen MR) is 124 cm³/mol. The first-order valence-electron chi connectivity index (χ1n) is 9.82. The molecular weight excluding hydrogens is 404 g/mol. The smallest absolute Gasteiger partial charge is 0.163 e. The van der Waals surface area contributed by atoms with Crippen LogP contribution < -0.4 is 0 Å². The Kier molecular flexibility index (Phi) is 5.21. The predicted octanol–water partition coefficient (Wildman–Crippen LogP) is 6.59. The van der Waals surface area contributed by atoms with Gasteiger partial charge in [0.2, 0.25) is 0 Å². The summed E-state index contributed by atoms with van der Waals surface area (Å²) in [5, 5.41) is 0.620. The van der Waals surface area contributed by atoms with Crippen LogP contribution in [0.4, 0.5) is 0 Å². The van der Waals surface area contributed by atoms with Crippen molar-refractivity contribution < 1.29 is 0 Å². The van der Waals surface area contributed by atoms with E-state index < -0.39 is 0 Å². The molecule has 0 aliphatic carbocycles. The fraction of sp³-hybridized carbons (Fsp3) is 0. The first-order valence-corrected chi connectivity index (χ1v) is 10.2. The second-order valence-electron chi connectivity index (χ2n) is 7.00. The van der Waals surface area contributed by atoms with Gasteiger partial charge in [-0.2, -0.15) is 0 Å². The summed E-state index contributed by atoms with van der Waals surface area (Å²) in [6, 6.07) is 26.6. The zero-order valence-corrected chi connectivity index (χ0v) is 17.2.